The molecule has 0 aromatic rings. The summed E-state index contributed by atoms with van der Waals surface area (Å²) in [4.78, 5) is 21.3. The molecule has 26 heavy (non-hydrogen) atoms. The number of rotatable bonds is 18. The Labute approximate surface area is 162 Å². The van der Waals surface area contributed by atoms with Gasteiger partial charge in [-0.15, -0.1) is 0 Å². The van der Waals surface area contributed by atoms with Gasteiger partial charge < -0.3 is 15.3 Å². The van der Waals surface area contributed by atoms with Gasteiger partial charge in [0.25, 0.3) is 0 Å². The molecule has 0 aromatic heterocycles. The van der Waals surface area contributed by atoms with E-state index in [9.17, 15) is 14.7 Å². The molecule has 0 aromatic carbocycles. The SMILES string of the molecule is CCCCCCCCCCC=CC(SCCC(=O)O)C(O)CCC(=O)O. The monoisotopic (exact) mass is 388 g/mol. The first kappa shape index (κ1) is 25.0. The van der Waals surface area contributed by atoms with Crippen molar-refractivity contribution in [3.63, 3.8) is 0 Å². The normalized spacial score (nSPS) is 13.8. The van der Waals surface area contributed by atoms with Gasteiger partial charge in [0.15, 0.2) is 0 Å². The van der Waals surface area contributed by atoms with Crippen molar-refractivity contribution in [2.45, 2.75) is 95.3 Å². The van der Waals surface area contributed by atoms with Crippen LogP contribution in [0.2, 0.25) is 0 Å². The highest BCUT2D eigenvalue weighted by atomic mass is 32.2. The highest BCUT2D eigenvalue weighted by Gasteiger charge is 2.18. The number of aliphatic carboxylic acids is 2. The molecule has 2 atom stereocenters. The van der Waals surface area contributed by atoms with Crippen molar-refractivity contribution < 1.29 is 24.9 Å². The molecular weight excluding hydrogens is 352 g/mol. The van der Waals surface area contributed by atoms with Gasteiger partial charge in [-0.25, -0.2) is 0 Å². The number of carbonyl (C=O) groups is 2. The average molecular weight is 389 g/mol. The minimum atomic E-state index is -0.929. The van der Waals surface area contributed by atoms with E-state index in [-0.39, 0.29) is 24.5 Å². The van der Waals surface area contributed by atoms with Crippen LogP contribution in [0.15, 0.2) is 12.2 Å². The summed E-state index contributed by atoms with van der Waals surface area (Å²) < 4.78 is 0. The number of hydrogen-bond acceptors (Lipinski definition) is 4. The Morgan fingerprint density at radius 1 is 0.923 bits per heavy atom. The topological polar surface area (TPSA) is 94.8 Å². The molecule has 5 nitrogen and oxygen atoms in total. The van der Waals surface area contributed by atoms with Gasteiger partial charge in [-0.1, -0.05) is 64.0 Å². The first-order valence-corrected chi connectivity index (χ1v) is 10.9. The average Bonchev–Trinajstić information content (AvgIpc) is 2.59. The van der Waals surface area contributed by atoms with Crippen LogP contribution in [-0.2, 0) is 9.59 Å². The molecule has 0 aliphatic heterocycles. The minimum absolute atomic E-state index is 0.0404. The lowest BCUT2D eigenvalue weighted by atomic mass is 10.1. The Balaban J connectivity index is 4.07. The number of thioether (sulfide) groups is 1. The van der Waals surface area contributed by atoms with Crippen molar-refractivity contribution in [3.05, 3.63) is 12.2 Å². The molecule has 2 unspecified atom stereocenters. The Morgan fingerprint density at radius 3 is 2.08 bits per heavy atom. The van der Waals surface area contributed by atoms with Gasteiger partial charge in [0.2, 0.25) is 0 Å². The Kier molecular flexibility index (Phi) is 16.7. The lowest BCUT2D eigenvalue weighted by Gasteiger charge is -2.18. The minimum Gasteiger partial charge on any atom is -0.481 e. The molecule has 0 spiro atoms. The zero-order valence-electron chi connectivity index (χ0n) is 16.1. The van der Waals surface area contributed by atoms with E-state index in [4.69, 9.17) is 10.2 Å². The fraction of sp³-hybridized carbons (Fsp3) is 0.800. The number of carboxylic acid groups (broad SMARTS) is 2. The summed E-state index contributed by atoms with van der Waals surface area (Å²) in [6, 6.07) is 0. The molecule has 6 heteroatoms. The summed E-state index contributed by atoms with van der Waals surface area (Å²) in [7, 11) is 0. The second kappa shape index (κ2) is 17.4. The molecule has 0 saturated carbocycles. The summed E-state index contributed by atoms with van der Waals surface area (Å²) in [6.45, 7) is 2.22. The second-order valence-corrected chi connectivity index (χ2v) is 7.96. The van der Waals surface area contributed by atoms with Gasteiger partial charge in [0.05, 0.1) is 12.5 Å². The Bertz CT molecular complexity index is 398. The summed E-state index contributed by atoms with van der Waals surface area (Å²) in [5.74, 6) is -1.38. The standard InChI is InChI=1S/C20H36O5S/c1-2-3-4-5-6-7-8-9-10-11-12-18(26-16-15-20(24)25)17(21)13-14-19(22)23/h11-12,17-18,21H,2-10,13-16H2,1H3,(H,22,23)(H,24,25). The molecule has 0 amide bonds. The zero-order valence-corrected chi connectivity index (χ0v) is 16.9. The van der Waals surface area contributed by atoms with Crippen LogP contribution in [0.3, 0.4) is 0 Å². The maximum atomic E-state index is 10.7. The lowest BCUT2D eigenvalue weighted by molar-refractivity contribution is -0.138. The number of carboxylic acids is 2. The predicted octanol–water partition coefficient (Wildman–Crippen LogP) is 4.88. The van der Waals surface area contributed by atoms with Crippen molar-refractivity contribution in [1.82, 2.24) is 0 Å². The molecule has 0 radical (unpaired) electrons. The van der Waals surface area contributed by atoms with Gasteiger partial charge in [-0.3, -0.25) is 9.59 Å². The van der Waals surface area contributed by atoms with E-state index in [1.165, 1.54) is 56.7 Å². The van der Waals surface area contributed by atoms with Crippen LogP contribution in [0.4, 0.5) is 0 Å². The first-order valence-electron chi connectivity index (χ1n) is 9.87. The van der Waals surface area contributed by atoms with Crippen LogP contribution < -0.4 is 0 Å². The highest BCUT2D eigenvalue weighted by molar-refractivity contribution is 8.00. The van der Waals surface area contributed by atoms with E-state index in [1.54, 1.807) is 0 Å². The van der Waals surface area contributed by atoms with Crippen molar-refractivity contribution >= 4 is 23.7 Å². The zero-order chi connectivity index (χ0) is 19.6. The molecule has 0 fully saturated rings. The van der Waals surface area contributed by atoms with E-state index in [0.29, 0.717) is 5.75 Å². The molecular formula is C20H36O5S. The van der Waals surface area contributed by atoms with Crippen molar-refractivity contribution in [2.24, 2.45) is 0 Å². The fourth-order valence-corrected chi connectivity index (χ4v) is 3.78. The first-order chi connectivity index (χ1) is 12.5. The molecule has 0 rings (SSSR count). The molecule has 0 bridgehead atoms. The van der Waals surface area contributed by atoms with Gasteiger partial charge in [-0.2, -0.15) is 11.8 Å². The van der Waals surface area contributed by atoms with Crippen LogP contribution in [0.25, 0.3) is 0 Å². The highest BCUT2D eigenvalue weighted by Crippen LogP contribution is 2.21. The summed E-state index contributed by atoms with van der Waals surface area (Å²) in [5, 5.41) is 27.4. The largest absolute Gasteiger partial charge is 0.481 e. The van der Waals surface area contributed by atoms with Crippen LogP contribution in [0, 0.1) is 0 Å². The number of unbranched alkanes of at least 4 members (excludes halogenated alkanes) is 8. The number of allylic oxidation sites excluding steroid dienone is 1. The van der Waals surface area contributed by atoms with Crippen LogP contribution >= 0.6 is 11.8 Å². The predicted molar refractivity (Wildman–Crippen MR) is 108 cm³/mol. The van der Waals surface area contributed by atoms with Crippen LogP contribution in [0.1, 0.15) is 84.0 Å². The molecule has 3 N–H and O–H groups in total. The Hall–Kier alpha value is -1.01. The van der Waals surface area contributed by atoms with Crippen LogP contribution in [0.5, 0.6) is 0 Å². The smallest absolute Gasteiger partial charge is 0.304 e. The van der Waals surface area contributed by atoms with Crippen LogP contribution in [-0.4, -0.2) is 44.4 Å². The second-order valence-electron chi connectivity index (χ2n) is 6.67. The van der Waals surface area contributed by atoms with Gasteiger partial charge in [0, 0.05) is 17.4 Å². The Morgan fingerprint density at radius 2 is 1.50 bits per heavy atom. The quantitative estimate of drug-likeness (QED) is 0.229. The van der Waals surface area contributed by atoms with Gasteiger partial charge >= 0.3 is 11.9 Å². The van der Waals surface area contributed by atoms with Gasteiger partial charge in [-0.05, 0) is 19.3 Å². The van der Waals surface area contributed by atoms with E-state index in [2.05, 4.69) is 6.92 Å². The molecule has 0 aliphatic carbocycles. The summed E-state index contributed by atoms with van der Waals surface area (Å²) >= 11 is 1.38. The van der Waals surface area contributed by atoms with E-state index >= 15 is 0 Å². The van der Waals surface area contributed by atoms with E-state index in [0.717, 1.165) is 12.8 Å². The molecule has 152 valence electrons. The summed E-state index contributed by atoms with van der Waals surface area (Å²) in [5.41, 5.74) is 0. The van der Waals surface area contributed by atoms with Gasteiger partial charge in [0.1, 0.15) is 0 Å². The number of aliphatic hydroxyl groups is 1. The summed E-state index contributed by atoms with van der Waals surface area (Å²) in [6.07, 6.45) is 14.4. The van der Waals surface area contributed by atoms with E-state index in [1.807, 2.05) is 12.2 Å². The number of hydrogen-bond donors (Lipinski definition) is 3. The number of aliphatic hydroxyl groups excluding tert-OH is 1. The van der Waals surface area contributed by atoms with Crippen molar-refractivity contribution in [1.29, 1.82) is 0 Å². The van der Waals surface area contributed by atoms with Crippen molar-refractivity contribution in [3.8, 4) is 0 Å². The molecule has 0 aliphatic rings. The maximum Gasteiger partial charge on any atom is 0.304 e. The van der Waals surface area contributed by atoms with Crippen molar-refractivity contribution in [2.75, 3.05) is 5.75 Å². The third-order valence-corrected chi connectivity index (χ3v) is 5.51. The maximum absolute atomic E-state index is 10.7. The van der Waals surface area contributed by atoms with E-state index < -0.39 is 18.0 Å². The third kappa shape index (κ3) is 16.5. The fourth-order valence-electron chi connectivity index (χ4n) is 2.64. The molecule has 0 heterocycles. The third-order valence-electron chi connectivity index (χ3n) is 4.21. The molecule has 0 saturated heterocycles. The lowest BCUT2D eigenvalue weighted by Crippen LogP contribution is -2.23.